The third kappa shape index (κ3) is 5.30. The van der Waals surface area contributed by atoms with Crippen molar-refractivity contribution in [2.45, 2.75) is 59.2 Å². The summed E-state index contributed by atoms with van der Waals surface area (Å²) in [6, 6.07) is 5.89. The van der Waals surface area contributed by atoms with Crippen molar-refractivity contribution in [3.05, 3.63) is 60.2 Å². The number of rotatable bonds is 6. The van der Waals surface area contributed by atoms with Crippen LogP contribution in [-0.2, 0) is 22.5 Å². The number of carbonyl (C=O) groups is 2. The number of pyridine rings is 1. The Hall–Kier alpha value is -4.48. The van der Waals surface area contributed by atoms with Gasteiger partial charge in [-0.3, -0.25) is 4.68 Å². The number of anilines is 1. The van der Waals surface area contributed by atoms with Crippen molar-refractivity contribution in [2.24, 2.45) is 5.41 Å². The Morgan fingerprint density at radius 1 is 1.14 bits per heavy atom. The Bertz CT molecular complexity index is 1670. The van der Waals surface area contributed by atoms with Gasteiger partial charge in [-0.1, -0.05) is 20.8 Å². The number of halogens is 1. The summed E-state index contributed by atoms with van der Waals surface area (Å²) in [5, 5.41) is 14.6. The first-order chi connectivity index (χ1) is 20.5. The third-order valence-electron chi connectivity index (χ3n) is 8.45. The molecule has 4 aromatic rings. The van der Waals surface area contributed by atoms with Crippen LogP contribution >= 0.6 is 0 Å². The van der Waals surface area contributed by atoms with Gasteiger partial charge in [-0.2, -0.15) is 5.10 Å². The molecule has 226 valence electrons. The highest BCUT2D eigenvalue weighted by Crippen LogP contribution is 2.33. The average molecular weight is 590 g/mol. The van der Waals surface area contributed by atoms with Crippen LogP contribution in [0.25, 0.3) is 22.0 Å². The Balaban J connectivity index is 1.29. The number of esters is 1. The molecular weight excluding hydrogens is 553 g/mol. The monoisotopic (exact) mass is 589 g/mol. The van der Waals surface area contributed by atoms with Crippen LogP contribution in [0.1, 0.15) is 51.5 Å². The number of aryl methyl sites for hydroxylation is 1. The lowest BCUT2D eigenvalue weighted by molar-refractivity contribution is -0.146. The summed E-state index contributed by atoms with van der Waals surface area (Å²) in [7, 11) is 0. The van der Waals surface area contributed by atoms with Crippen molar-refractivity contribution >= 4 is 28.8 Å². The number of nitrogens with zero attached hydrogens (tertiary/aromatic N) is 7. The van der Waals surface area contributed by atoms with Gasteiger partial charge in [-0.25, -0.2) is 23.9 Å². The summed E-state index contributed by atoms with van der Waals surface area (Å²) in [4.78, 5) is 37.7. The molecule has 11 nitrogen and oxygen atoms in total. The van der Waals surface area contributed by atoms with Crippen LogP contribution in [0.4, 0.5) is 15.0 Å². The Morgan fingerprint density at radius 3 is 2.65 bits per heavy atom. The molecule has 0 saturated carbocycles. The summed E-state index contributed by atoms with van der Waals surface area (Å²) in [6.45, 7) is 10.4. The zero-order valence-electron chi connectivity index (χ0n) is 24.8. The topological polar surface area (TPSA) is 119 Å². The second-order valence-electron chi connectivity index (χ2n) is 12.2. The minimum atomic E-state index is -0.913. The zero-order valence-corrected chi connectivity index (χ0v) is 24.8. The molecule has 1 N–H and O–H groups in total. The van der Waals surface area contributed by atoms with Gasteiger partial charge in [0.1, 0.15) is 11.6 Å². The van der Waals surface area contributed by atoms with E-state index in [2.05, 4.69) is 20.0 Å². The van der Waals surface area contributed by atoms with Gasteiger partial charge < -0.3 is 24.2 Å². The molecule has 1 saturated heterocycles. The van der Waals surface area contributed by atoms with E-state index in [9.17, 15) is 14.7 Å². The summed E-state index contributed by atoms with van der Waals surface area (Å²) < 4.78 is 24.4. The molecule has 6 rings (SSSR count). The van der Waals surface area contributed by atoms with Crippen LogP contribution in [0, 0.1) is 11.2 Å². The first-order valence-electron chi connectivity index (χ1n) is 14.6. The molecule has 1 amide bonds. The normalized spacial score (nSPS) is 17.7. The molecule has 2 aliphatic heterocycles. The van der Waals surface area contributed by atoms with Crippen LogP contribution in [0.15, 0.2) is 43.0 Å². The van der Waals surface area contributed by atoms with E-state index in [0.29, 0.717) is 47.4 Å². The maximum absolute atomic E-state index is 15.5. The van der Waals surface area contributed by atoms with Gasteiger partial charge in [0.15, 0.2) is 6.04 Å². The fourth-order valence-corrected chi connectivity index (χ4v) is 6.20. The highest BCUT2D eigenvalue weighted by molar-refractivity contribution is 5.86. The number of benzene rings is 1. The maximum Gasteiger partial charge on any atom is 0.407 e. The van der Waals surface area contributed by atoms with Crippen molar-refractivity contribution in [1.82, 2.24) is 29.2 Å². The lowest BCUT2D eigenvalue weighted by atomic mass is 9.84. The molecule has 3 aromatic heterocycles. The van der Waals surface area contributed by atoms with Gasteiger partial charge in [0.25, 0.3) is 0 Å². The fraction of sp³-hybridized carbons (Fsp3) is 0.452. The highest BCUT2D eigenvalue weighted by atomic mass is 19.1. The number of hydrogen-bond acceptors (Lipinski definition) is 7. The minimum Gasteiger partial charge on any atom is -0.465 e. The van der Waals surface area contributed by atoms with E-state index >= 15 is 4.39 Å². The van der Waals surface area contributed by atoms with Gasteiger partial charge in [-0.15, -0.1) is 0 Å². The van der Waals surface area contributed by atoms with E-state index in [1.165, 1.54) is 15.6 Å². The molecule has 12 heteroatoms. The molecule has 0 aliphatic carbocycles. The van der Waals surface area contributed by atoms with Crippen molar-refractivity contribution in [2.75, 3.05) is 31.1 Å². The van der Waals surface area contributed by atoms with Crippen LogP contribution in [0.5, 0.6) is 0 Å². The summed E-state index contributed by atoms with van der Waals surface area (Å²) in [5.41, 5.74) is 3.04. The molecule has 1 fully saturated rings. The maximum atomic E-state index is 15.5. The van der Waals surface area contributed by atoms with E-state index in [4.69, 9.17) is 4.74 Å². The predicted octanol–water partition coefficient (Wildman–Crippen LogP) is 4.75. The van der Waals surface area contributed by atoms with Crippen LogP contribution in [0.2, 0.25) is 0 Å². The molecule has 2 atom stereocenters. The predicted molar refractivity (Wildman–Crippen MR) is 158 cm³/mol. The number of amides is 1. The second kappa shape index (κ2) is 11.0. The van der Waals surface area contributed by atoms with Gasteiger partial charge in [0.05, 0.1) is 35.6 Å². The molecule has 2 aliphatic rings. The standard InChI is InChI=1S/C31H36FN7O4/c1-5-43-29(40)28(27-24-7-6-10-37(24)18-34-27)39-16-21-22(32)13-20(14-23(21)35-39)19-8-9-26(33-15-19)36-11-12-38(30(41)42)25(17-36)31(2,3)4/h8-9,13-16,18,25,28H,5-7,10-12,17H2,1-4H3,(H,41,42). The summed E-state index contributed by atoms with van der Waals surface area (Å²) >= 11 is 0. The van der Waals surface area contributed by atoms with Crippen molar-refractivity contribution in [3.63, 3.8) is 0 Å². The Kier molecular flexibility index (Phi) is 7.31. The molecular formula is C31H36FN7O4. The first kappa shape index (κ1) is 28.6. The average Bonchev–Trinajstić information content (AvgIpc) is 3.70. The Labute approximate surface area is 248 Å². The number of ether oxygens (including phenoxy) is 1. The molecule has 1 aromatic carbocycles. The number of carboxylic acid groups (broad SMARTS) is 1. The number of piperazine rings is 1. The van der Waals surface area contributed by atoms with E-state index < -0.39 is 23.9 Å². The minimum absolute atomic E-state index is 0.187. The van der Waals surface area contributed by atoms with Crippen LogP contribution in [-0.4, -0.2) is 78.7 Å². The lowest BCUT2D eigenvalue weighted by Gasteiger charge is -2.46. The lowest BCUT2D eigenvalue weighted by Crippen LogP contribution is -2.59. The SMILES string of the molecule is CCOC(=O)C(c1ncn2c1CCC2)n1cc2c(F)cc(-c3ccc(N4CCN(C(=O)O)C(C(C)(C)C)C4)nc3)cc2n1. The van der Waals surface area contributed by atoms with Crippen molar-refractivity contribution in [3.8, 4) is 11.1 Å². The van der Waals surface area contributed by atoms with Crippen molar-refractivity contribution in [1.29, 1.82) is 0 Å². The highest BCUT2D eigenvalue weighted by Gasteiger charge is 2.38. The number of imidazole rings is 1. The molecule has 0 radical (unpaired) electrons. The Morgan fingerprint density at radius 2 is 1.95 bits per heavy atom. The fourth-order valence-electron chi connectivity index (χ4n) is 6.20. The van der Waals surface area contributed by atoms with E-state index in [1.54, 1.807) is 31.7 Å². The quantitative estimate of drug-likeness (QED) is 0.320. The number of fused-ring (bicyclic) bond motifs is 2. The van der Waals surface area contributed by atoms with E-state index in [-0.39, 0.29) is 18.1 Å². The third-order valence-corrected chi connectivity index (χ3v) is 8.45. The molecule has 0 bridgehead atoms. The number of hydrogen-bond donors (Lipinski definition) is 1. The first-order valence-corrected chi connectivity index (χ1v) is 14.6. The number of carbonyl (C=O) groups excluding carboxylic acids is 1. The summed E-state index contributed by atoms with van der Waals surface area (Å²) in [6.07, 6.45) is 5.84. The zero-order chi connectivity index (χ0) is 30.5. The van der Waals surface area contributed by atoms with Gasteiger partial charge >= 0.3 is 12.1 Å². The van der Waals surface area contributed by atoms with Gasteiger partial charge in [0.2, 0.25) is 0 Å². The summed E-state index contributed by atoms with van der Waals surface area (Å²) in [5.74, 6) is -0.209. The molecule has 5 heterocycles. The van der Waals surface area contributed by atoms with Crippen molar-refractivity contribution < 1.29 is 23.8 Å². The smallest absolute Gasteiger partial charge is 0.407 e. The van der Waals surface area contributed by atoms with Crippen LogP contribution < -0.4 is 4.90 Å². The van der Waals surface area contributed by atoms with Gasteiger partial charge in [0, 0.05) is 49.8 Å². The molecule has 43 heavy (non-hydrogen) atoms. The van der Waals surface area contributed by atoms with Gasteiger partial charge in [-0.05, 0) is 55.0 Å². The number of aromatic nitrogens is 5. The second-order valence-corrected chi connectivity index (χ2v) is 12.2. The van der Waals surface area contributed by atoms with E-state index in [0.717, 1.165) is 30.9 Å². The van der Waals surface area contributed by atoms with Crippen LogP contribution in [0.3, 0.4) is 0 Å². The largest absolute Gasteiger partial charge is 0.465 e. The molecule has 2 unspecified atom stereocenters. The van der Waals surface area contributed by atoms with E-state index in [1.807, 2.05) is 37.5 Å². The molecule has 0 spiro atoms.